The van der Waals surface area contributed by atoms with Crippen LogP contribution in [0.5, 0.6) is 5.75 Å². The van der Waals surface area contributed by atoms with Gasteiger partial charge in [-0.05, 0) is 23.3 Å². The zero-order chi connectivity index (χ0) is 21.5. The first kappa shape index (κ1) is 21.1. The van der Waals surface area contributed by atoms with Crippen molar-refractivity contribution in [2.24, 2.45) is 0 Å². The van der Waals surface area contributed by atoms with E-state index in [4.69, 9.17) is 13.9 Å². The molecule has 1 fully saturated rings. The van der Waals surface area contributed by atoms with Crippen molar-refractivity contribution in [1.82, 2.24) is 14.8 Å². The summed E-state index contributed by atoms with van der Waals surface area (Å²) in [6, 6.07) is 18.3. The number of carbonyl (C=O) groups is 1. The van der Waals surface area contributed by atoms with E-state index in [2.05, 4.69) is 28.1 Å². The molecule has 0 saturated carbocycles. The number of amides is 1. The summed E-state index contributed by atoms with van der Waals surface area (Å²) in [6.07, 6.45) is 1.46. The van der Waals surface area contributed by atoms with E-state index in [9.17, 15) is 4.79 Å². The molecule has 1 amide bonds. The van der Waals surface area contributed by atoms with Crippen LogP contribution in [0.4, 0.5) is 0 Å². The molecule has 7 heteroatoms. The second kappa shape index (κ2) is 10.2. The molecule has 0 radical (unpaired) electrons. The summed E-state index contributed by atoms with van der Waals surface area (Å²) in [4.78, 5) is 21.1. The number of aromatic nitrogens is 1. The van der Waals surface area contributed by atoms with Gasteiger partial charge in [0, 0.05) is 26.2 Å². The molecule has 0 N–H and O–H groups in total. The van der Waals surface area contributed by atoms with Crippen LogP contribution < -0.4 is 4.74 Å². The lowest BCUT2D eigenvalue weighted by molar-refractivity contribution is 0.0299. The van der Waals surface area contributed by atoms with Crippen molar-refractivity contribution in [3.05, 3.63) is 83.6 Å². The molecular weight excluding hydrogens is 394 g/mol. The van der Waals surface area contributed by atoms with Crippen LogP contribution in [0.15, 0.2) is 65.3 Å². The van der Waals surface area contributed by atoms with Gasteiger partial charge in [-0.3, -0.25) is 9.69 Å². The summed E-state index contributed by atoms with van der Waals surface area (Å²) in [5, 5.41) is 0. The third-order valence-electron chi connectivity index (χ3n) is 5.22. The first-order valence-corrected chi connectivity index (χ1v) is 10.4. The van der Waals surface area contributed by atoms with Gasteiger partial charge in [0.1, 0.15) is 12.0 Å². The van der Waals surface area contributed by atoms with Crippen LogP contribution in [0.1, 0.15) is 27.5 Å². The highest BCUT2D eigenvalue weighted by Gasteiger charge is 2.22. The molecule has 0 bridgehead atoms. The summed E-state index contributed by atoms with van der Waals surface area (Å²) in [6.45, 7) is 4.19. The van der Waals surface area contributed by atoms with Gasteiger partial charge in [0.25, 0.3) is 5.91 Å². The second-order valence-electron chi connectivity index (χ2n) is 7.51. The van der Waals surface area contributed by atoms with E-state index in [0.717, 1.165) is 17.9 Å². The zero-order valence-corrected chi connectivity index (χ0v) is 17.7. The lowest BCUT2D eigenvalue weighted by Gasteiger charge is -2.25. The number of hydrogen-bond acceptors (Lipinski definition) is 6. The number of hydrogen-bond donors (Lipinski definition) is 0. The van der Waals surface area contributed by atoms with Gasteiger partial charge in [-0.1, -0.05) is 42.5 Å². The molecule has 7 nitrogen and oxygen atoms in total. The Morgan fingerprint density at radius 3 is 2.55 bits per heavy atom. The fraction of sp³-hybridized carbons (Fsp3) is 0.333. The Morgan fingerprint density at radius 2 is 1.77 bits per heavy atom. The summed E-state index contributed by atoms with van der Waals surface area (Å²) in [5.74, 6) is 1.24. The minimum Gasteiger partial charge on any atom is -0.497 e. The lowest BCUT2D eigenvalue weighted by atomic mass is 10.1. The molecule has 3 aromatic rings. The average Bonchev–Trinajstić information content (AvgIpc) is 3.28. The maximum atomic E-state index is 12.7. The molecule has 31 heavy (non-hydrogen) atoms. The van der Waals surface area contributed by atoms with E-state index in [1.165, 1.54) is 11.8 Å². The van der Waals surface area contributed by atoms with Gasteiger partial charge in [0.05, 0.1) is 26.9 Å². The monoisotopic (exact) mass is 421 g/mol. The topological polar surface area (TPSA) is 68.0 Å². The van der Waals surface area contributed by atoms with E-state index in [0.29, 0.717) is 51.0 Å². The number of methoxy groups -OCH3 is 1. The van der Waals surface area contributed by atoms with E-state index in [1.54, 1.807) is 12.0 Å². The van der Waals surface area contributed by atoms with Gasteiger partial charge < -0.3 is 18.8 Å². The molecule has 1 aromatic heterocycles. The van der Waals surface area contributed by atoms with Gasteiger partial charge in [0.15, 0.2) is 5.69 Å². The van der Waals surface area contributed by atoms with Gasteiger partial charge in [0.2, 0.25) is 5.89 Å². The predicted molar refractivity (Wildman–Crippen MR) is 116 cm³/mol. The number of nitrogens with zero attached hydrogens (tertiary/aromatic N) is 3. The number of benzene rings is 2. The van der Waals surface area contributed by atoms with E-state index >= 15 is 0 Å². The molecule has 1 aliphatic heterocycles. The minimum absolute atomic E-state index is 0.110. The third-order valence-corrected chi connectivity index (χ3v) is 5.22. The first-order valence-electron chi connectivity index (χ1n) is 10.4. The fourth-order valence-electron chi connectivity index (χ4n) is 3.64. The van der Waals surface area contributed by atoms with Crippen molar-refractivity contribution in [1.29, 1.82) is 0 Å². The Kier molecular flexibility index (Phi) is 6.96. The van der Waals surface area contributed by atoms with Crippen LogP contribution in [-0.2, 0) is 24.4 Å². The Morgan fingerprint density at radius 1 is 1.03 bits per heavy atom. The van der Waals surface area contributed by atoms with E-state index in [-0.39, 0.29) is 5.91 Å². The Labute approximate surface area is 182 Å². The van der Waals surface area contributed by atoms with Crippen molar-refractivity contribution < 1.29 is 18.7 Å². The van der Waals surface area contributed by atoms with Gasteiger partial charge in [-0.2, -0.15) is 0 Å². The van der Waals surface area contributed by atoms with Crippen LogP contribution in [0, 0.1) is 0 Å². The molecule has 2 heterocycles. The minimum atomic E-state index is -0.110. The van der Waals surface area contributed by atoms with Crippen LogP contribution in [0.2, 0.25) is 0 Å². The smallest absolute Gasteiger partial charge is 0.275 e. The quantitative estimate of drug-likeness (QED) is 0.556. The number of morpholine rings is 1. The largest absolute Gasteiger partial charge is 0.497 e. The lowest BCUT2D eigenvalue weighted by Crippen LogP contribution is -2.40. The SMILES string of the molecule is COc1cccc(CN(Cc2ccccc2)Cc2nc(C(=O)N3CCOCC3)co2)c1. The van der Waals surface area contributed by atoms with Gasteiger partial charge in [-0.15, -0.1) is 0 Å². The molecule has 0 atom stereocenters. The summed E-state index contributed by atoms with van der Waals surface area (Å²) >= 11 is 0. The van der Waals surface area contributed by atoms with Gasteiger partial charge >= 0.3 is 0 Å². The van der Waals surface area contributed by atoms with Crippen molar-refractivity contribution in [2.75, 3.05) is 33.4 Å². The maximum Gasteiger partial charge on any atom is 0.275 e. The number of rotatable bonds is 8. The fourth-order valence-corrected chi connectivity index (χ4v) is 3.64. The Balaban J connectivity index is 1.48. The first-order chi connectivity index (χ1) is 15.2. The Hall–Kier alpha value is -3.16. The van der Waals surface area contributed by atoms with Crippen LogP contribution >= 0.6 is 0 Å². The third kappa shape index (κ3) is 5.71. The number of ether oxygens (including phenoxy) is 2. The normalized spacial score (nSPS) is 14.1. The number of carbonyl (C=O) groups excluding carboxylic acids is 1. The predicted octanol–water partition coefficient (Wildman–Crippen LogP) is 3.36. The van der Waals surface area contributed by atoms with Crippen molar-refractivity contribution in [2.45, 2.75) is 19.6 Å². The van der Waals surface area contributed by atoms with Gasteiger partial charge in [-0.25, -0.2) is 4.98 Å². The molecule has 1 aliphatic rings. The van der Waals surface area contributed by atoms with Crippen LogP contribution in [0.25, 0.3) is 0 Å². The van der Waals surface area contributed by atoms with Crippen molar-refractivity contribution in [3.63, 3.8) is 0 Å². The molecule has 0 unspecified atom stereocenters. The molecule has 162 valence electrons. The Bertz CT molecular complexity index is 983. The maximum absolute atomic E-state index is 12.7. The molecular formula is C24H27N3O4. The molecule has 4 rings (SSSR count). The zero-order valence-electron chi connectivity index (χ0n) is 17.7. The highest BCUT2D eigenvalue weighted by atomic mass is 16.5. The molecule has 0 spiro atoms. The summed E-state index contributed by atoms with van der Waals surface area (Å²) < 4.78 is 16.4. The molecule has 0 aliphatic carbocycles. The van der Waals surface area contributed by atoms with Crippen molar-refractivity contribution in [3.8, 4) is 5.75 Å². The van der Waals surface area contributed by atoms with Crippen molar-refractivity contribution >= 4 is 5.91 Å². The number of oxazole rings is 1. The summed E-state index contributed by atoms with van der Waals surface area (Å²) in [7, 11) is 1.67. The van der Waals surface area contributed by atoms with Crippen LogP contribution in [0.3, 0.4) is 0 Å². The summed E-state index contributed by atoms with van der Waals surface area (Å²) in [5.41, 5.74) is 2.67. The van der Waals surface area contributed by atoms with E-state index < -0.39 is 0 Å². The molecule has 2 aromatic carbocycles. The average molecular weight is 421 g/mol. The van der Waals surface area contributed by atoms with E-state index in [1.807, 2.05) is 36.4 Å². The molecule has 1 saturated heterocycles. The van der Waals surface area contributed by atoms with Crippen LogP contribution in [-0.4, -0.2) is 54.1 Å². The standard InChI is InChI=1S/C24H27N3O4/c1-29-21-9-5-8-20(14-21)16-26(15-19-6-3-2-4-7-19)17-23-25-22(18-31-23)24(28)27-10-12-30-13-11-27/h2-9,14,18H,10-13,15-17H2,1H3. The second-order valence-corrected chi connectivity index (χ2v) is 7.51. The highest BCUT2D eigenvalue weighted by Crippen LogP contribution is 2.18. The highest BCUT2D eigenvalue weighted by molar-refractivity contribution is 5.92.